The van der Waals surface area contributed by atoms with Crippen LogP contribution in [0.3, 0.4) is 0 Å². The topological polar surface area (TPSA) is 43.4 Å². The van der Waals surface area contributed by atoms with Crippen molar-refractivity contribution in [1.29, 1.82) is 0 Å². The Morgan fingerprint density at radius 1 is 1.67 bits per heavy atom. The molecule has 82 valence electrons. The van der Waals surface area contributed by atoms with E-state index in [0.717, 1.165) is 0 Å². The summed E-state index contributed by atoms with van der Waals surface area (Å²) in [4.78, 5) is 23.5. The van der Waals surface area contributed by atoms with Crippen molar-refractivity contribution in [2.24, 2.45) is 5.41 Å². The van der Waals surface area contributed by atoms with Gasteiger partial charge in [0.2, 0.25) is 0 Å². The molecule has 0 fully saturated rings. The predicted molar refractivity (Wildman–Crippen MR) is 57.3 cm³/mol. The van der Waals surface area contributed by atoms with Crippen molar-refractivity contribution < 1.29 is 14.3 Å². The number of carbonyl (C=O) groups excluding carboxylic acids is 2. The van der Waals surface area contributed by atoms with Gasteiger partial charge in [0, 0.05) is 0 Å². The average Bonchev–Trinajstić information content (AvgIpc) is 2.58. The largest absolute Gasteiger partial charge is 0.465 e. The van der Waals surface area contributed by atoms with Crippen LogP contribution in [0.25, 0.3) is 0 Å². The summed E-state index contributed by atoms with van der Waals surface area (Å²) >= 11 is 0. The van der Waals surface area contributed by atoms with Crippen LogP contribution in [-0.4, -0.2) is 18.4 Å². The number of hydrogen-bond donors (Lipinski definition) is 0. The predicted octanol–water partition coefficient (Wildman–Crippen LogP) is 2.03. The molecule has 1 aliphatic carbocycles. The monoisotopic (exact) mass is 208 g/mol. The number of hydrogen-bond acceptors (Lipinski definition) is 3. The zero-order chi connectivity index (χ0) is 11.3. The van der Waals surface area contributed by atoms with Gasteiger partial charge in [-0.2, -0.15) is 0 Å². The van der Waals surface area contributed by atoms with Crippen molar-refractivity contribution in [2.45, 2.75) is 26.7 Å². The zero-order valence-electron chi connectivity index (χ0n) is 9.16. The first kappa shape index (κ1) is 11.7. The SMILES string of the molecule is C/C=C/CC1(C(=O)OCC)CC=CC1=O. The molecule has 0 heterocycles. The van der Waals surface area contributed by atoms with E-state index in [-0.39, 0.29) is 5.78 Å². The van der Waals surface area contributed by atoms with Crippen molar-refractivity contribution in [3.63, 3.8) is 0 Å². The van der Waals surface area contributed by atoms with Crippen LogP contribution in [0.2, 0.25) is 0 Å². The maximum absolute atomic E-state index is 11.8. The quantitative estimate of drug-likeness (QED) is 0.403. The highest BCUT2D eigenvalue weighted by atomic mass is 16.5. The van der Waals surface area contributed by atoms with E-state index in [1.54, 1.807) is 13.0 Å². The summed E-state index contributed by atoms with van der Waals surface area (Å²) in [5, 5.41) is 0. The second-order valence-corrected chi connectivity index (χ2v) is 3.55. The van der Waals surface area contributed by atoms with E-state index in [2.05, 4.69) is 0 Å². The van der Waals surface area contributed by atoms with Gasteiger partial charge in [0.05, 0.1) is 6.61 Å². The molecule has 0 bridgehead atoms. The first-order chi connectivity index (χ1) is 7.17. The Kier molecular flexibility index (Phi) is 3.83. The summed E-state index contributed by atoms with van der Waals surface area (Å²) in [6, 6.07) is 0. The third-order valence-electron chi connectivity index (χ3n) is 2.58. The third kappa shape index (κ3) is 2.17. The summed E-state index contributed by atoms with van der Waals surface area (Å²) in [6.07, 6.45) is 7.76. The molecule has 3 nitrogen and oxygen atoms in total. The minimum Gasteiger partial charge on any atom is -0.465 e. The Balaban J connectivity index is 2.87. The van der Waals surface area contributed by atoms with Crippen LogP contribution in [0.1, 0.15) is 26.7 Å². The van der Waals surface area contributed by atoms with Gasteiger partial charge in [-0.05, 0) is 32.8 Å². The van der Waals surface area contributed by atoms with Crippen LogP contribution in [0.5, 0.6) is 0 Å². The molecule has 0 radical (unpaired) electrons. The fourth-order valence-electron chi connectivity index (χ4n) is 1.67. The number of carbonyl (C=O) groups is 2. The molecule has 1 aliphatic rings. The molecule has 15 heavy (non-hydrogen) atoms. The molecular formula is C12H16O3. The molecule has 1 rings (SSSR count). The molecule has 0 aliphatic heterocycles. The van der Waals surface area contributed by atoms with Gasteiger partial charge in [-0.25, -0.2) is 0 Å². The number of ether oxygens (including phenoxy) is 1. The van der Waals surface area contributed by atoms with E-state index >= 15 is 0 Å². The van der Waals surface area contributed by atoms with E-state index < -0.39 is 11.4 Å². The lowest BCUT2D eigenvalue weighted by molar-refractivity contribution is -0.157. The van der Waals surface area contributed by atoms with Crippen molar-refractivity contribution in [3.8, 4) is 0 Å². The molecule has 0 aromatic rings. The molecule has 1 unspecified atom stereocenters. The lowest BCUT2D eigenvalue weighted by atomic mass is 9.81. The summed E-state index contributed by atoms with van der Waals surface area (Å²) < 4.78 is 4.96. The van der Waals surface area contributed by atoms with Gasteiger partial charge in [-0.1, -0.05) is 18.2 Å². The van der Waals surface area contributed by atoms with Gasteiger partial charge in [0.1, 0.15) is 5.41 Å². The zero-order valence-corrected chi connectivity index (χ0v) is 9.16. The van der Waals surface area contributed by atoms with Crippen LogP contribution >= 0.6 is 0 Å². The first-order valence-corrected chi connectivity index (χ1v) is 5.16. The van der Waals surface area contributed by atoms with Gasteiger partial charge in [0.15, 0.2) is 5.78 Å². The van der Waals surface area contributed by atoms with Crippen LogP contribution in [0, 0.1) is 5.41 Å². The highest BCUT2D eigenvalue weighted by Crippen LogP contribution is 2.35. The molecule has 0 spiro atoms. The Bertz CT molecular complexity index is 315. The maximum atomic E-state index is 11.8. The van der Waals surface area contributed by atoms with Crippen molar-refractivity contribution in [2.75, 3.05) is 6.61 Å². The van der Waals surface area contributed by atoms with Crippen LogP contribution in [0.15, 0.2) is 24.3 Å². The molecule has 0 saturated carbocycles. The Morgan fingerprint density at radius 2 is 2.40 bits per heavy atom. The minimum absolute atomic E-state index is 0.140. The van der Waals surface area contributed by atoms with Crippen molar-refractivity contribution >= 4 is 11.8 Å². The highest BCUT2D eigenvalue weighted by molar-refractivity contribution is 6.11. The van der Waals surface area contributed by atoms with E-state index in [0.29, 0.717) is 19.4 Å². The van der Waals surface area contributed by atoms with Crippen molar-refractivity contribution in [3.05, 3.63) is 24.3 Å². The fourth-order valence-corrected chi connectivity index (χ4v) is 1.67. The van der Waals surface area contributed by atoms with Gasteiger partial charge >= 0.3 is 5.97 Å². The molecular weight excluding hydrogens is 192 g/mol. The second kappa shape index (κ2) is 4.91. The lowest BCUT2D eigenvalue weighted by Gasteiger charge is -2.23. The Labute approximate surface area is 89.8 Å². The van der Waals surface area contributed by atoms with Gasteiger partial charge < -0.3 is 4.74 Å². The summed E-state index contributed by atoms with van der Waals surface area (Å²) in [7, 11) is 0. The lowest BCUT2D eigenvalue weighted by Crippen LogP contribution is -2.36. The number of ketones is 1. The smallest absolute Gasteiger partial charge is 0.320 e. The normalized spacial score (nSPS) is 25.1. The van der Waals surface area contributed by atoms with Gasteiger partial charge in [-0.15, -0.1) is 0 Å². The summed E-state index contributed by atoms with van der Waals surface area (Å²) in [5.41, 5.74) is -0.984. The molecule has 1 atom stereocenters. The fraction of sp³-hybridized carbons (Fsp3) is 0.500. The maximum Gasteiger partial charge on any atom is 0.320 e. The minimum atomic E-state index is -0.984. The first-order valence-electron chi connectivity index (χ1n) is 5.16. The molecule has 0 aromatic carbocycles. The van der Waals surface area contributed by atoms with E-state index in [4.69, 9.17) is 4.74 Å². The van der Waals surface area contributed by atoms with Gasteiger partial charge in [0.25, 0.3) is 0 Å². The Hall–Kier alpha value is -1.38. The Morgan fingerprint density at radius 3 is 2.87 bits per heavy atom. The summed E-state index contributed by atoms with van der Waals surface area (Å²) in [5.74, 6) is -0.544. The van der Waals surface area contributed by atoms with E-state index in [1.165, 1.54) is 6.08 Å². The van der Waals surface area contributed by atoms with Crippen LogP contribution in [-0.2, 0) is 14.3 Å². The van der Waals surface area contributed by atoms with Crippen molar-refractivity contribution in [1.82, 2.24) is 0 Å². The van der Waals surface area contributed by atoms with E-state index in [9.17, 15) is 9.59 Å². The molecule has 3 heteroatoms. The van der Waals surface area contributed by atoms with Crippen LogP contribution in [0.4, 0.5) is 0 Å². The highest BCUT2D eigenvalue weighted by Gasteiger charge is 2.46. The number of rotatable bonds is 4. The standard InChI is InChI=1S/C12H16O3/c1-3-5-8-12(11(14)15-4-2)9-6-7-10(12)13/h3,5-7H,4,8-9H2,1-2H3/b5-3+. The number of esters is 1. The molecule has 0 N–H and O–H groups in total. The van der Waals surface area contributed by atoms with E-state index in [1.807, 2.05) is 19.1 Å². The summed E-state index contributed by atoms with van der Waals surface area (Å²) in [6.45, 7) is 3.92. The second-order valence-electron chi connectivity index (χ2n) is 3.55. The van der Waals surface area contributed by atoms with Crippen LogP contribution < -0.4 is 0 Å². The van der Waals surface area contributed by atoms with Gasteiger partial charge in [-0.3, -0.25) is 9.59 Å². The number of allylic oxidation sites excluding steroid dienone is 4. The average molecular weight is 208 g/mol. The molecule has 0 amide bonds. The molecule has 0 saturated heterocycles. The molecule has 0 aromatic heterocycles. The third-order valence-corrected chi connectivity index (χ3v) is 2.58.